The number of amides is 1. The van der Waals surface area contributed by atoms with Gasteiger partial charge >= 0.3 is 0 Å². The van der Waals surface area contributed by atoms with Crippen LogP contribution in [0, 0.1) is 18.3 Å². The van der Waals surface area contributed by atoms with E-state index < -0.39 is 5.91 Å². The molecule has 0 fully saturated rings. The van der Waals surface area contributed by atoms with E-state index in [2.05, 4.69) is 15.6 Å². The molecule has 0 bridgehead atoms. The number of nitrogens with zero attached hydrogens (tertiary/aromatic N) is 2. The van der Waals surface area contributed by atoms with Crippen LogP contribution in [0.5, 0.6) is 0 Å². The third-order valence-electron chi connectivity index (χ3n) is 2.82. The molecular weight excluding hydrogens is 335 g/mol. The Morgan fingerprint density at radius 1 is 1.30 bits per heavy atom. The molecule has 0 aliphatic rings. The van der Waals surface area contributed by atoms with Crippen molar-refractivity contribution in [3.05, 3.63) is 63.9 Å². The predicted octanol–water partition coefficient (Wildman–Crippen LogP) is 4.15. The number of nitriles is 1. The molecule has 5 nitrogen and oxygen atoms in total. The minimum atomic E-state index is -0.587. The van der Waals surface area contributed by atoms with Gasteiger partial charge in [0.15, 0.2) is 0 Å². The summed E-state index contributed by atoms with van der Waals surface area (Å²) in [6.45, 7) is 1.91. The second-order valence-electron chi connectivity index (χ2n) is 4.61. The predicted molar refractivity (Wildman–Crippen MR) is 91.4 cm³/mol. The van der Waals surface area contributed by atoms with Gasteiger partial charge in [0.1, 0.15) is 17.5 Å². The van der Waals surface area contributed by atoms with Crippen LogP contribution in [0.3, 0.4) is 0 Å². The maximum Gasteiger partial charge on any atom is 0.267 e. The summed E-state index contributed by atoms with van der Waals surface area (Å²) in [6, 6.07) is 10.1. The van der Waals surface area contributed by atoms with Crippen LogP contribution in [-0.2, 0) is 4.79 Å². The minimum absolute atomic E-state index is 0.113. The largest absolute Gasteiger partial charge is 0.345 e. The Kier molecular flexibility index (Phi) is 5.58. The molecule has 2 rings (SSSR count). The summed E-state index contributed by atoms with van der Waals surface area (Å²) in [7, 11) is 0. The molecule has 2 aromatic rings. The van der Waals surface area contributed by atoms with Crippen LogP contribution in [0.25, 0.3) is 0 Å². The molecule has 0 atom stereocenters. The van der Waals surface area contributed by atoms with Crippen LogP contribution in [0.4, 0.5) is 11.5 Å². The van der Waals surface area contributed by atoms with Crippen LogP contribution in [0.15, 0.2) is 48.3 Å². The Bertz CT molecular complexity index is 795. The van der Waals surface area contributed by atoms with E-state index in [4.69, 9.17) is 28.5 Å². The number of aromatic nitrogens is 1. The van der Waals surface area contributed by atoms with Gasteiger partial charge in [0.2, 0.25) is 0 Å². The van der Waals surface area contributed by atoms with E-state index in [1.165, 1.54) is 12.3 Å². The van der Waals surface area contributed by atoms with Crippen LogP contribution in [0.2, 0.25) is 10.0 Å². The first-order valence-electron chi connectivity index (χ1n) is 6.55. The molecule has 1 amide bonds. The van der Waals surface area contributed by atoms with E-state index >= 15 is 0 Å². The zero-order valence-corrected chi connectivity index (χ0v) is 13.6. The number of hydrogen-bond donors (Lipinski definition) is 2. The summed E-state index contributed by atoms with van der Waals surface area (Å²) in [5.41, 5.74) is 1.27. The van der Waals surface area contributed by atoms with Gasteiger partial charge in [0.25, 0.3) is 5.91 Å². The lowest BCUT2D eigenvalue weighted by atomic mass is 10.2. The Labute approximate surface area is 143 Å². The quantitative estimate of drug-likeness (QED) is 0.643. The average Bonchev–Trinajstić information content (AvgIpc) is 2.52. The monoisotopic (exact) mass is 346 g/mol. The maximum absolute atomic E-state index is 12.1. The van der Waals surface area contributed by atoms with Crippen molar-refractivity contribution in [2.24, 2.45) is 0 Å². The molecule has 1 aromatic heterocycles. The second kappa shape index (κ2) is 7.63. The zero-order valence-electron chi connectivity index (χ0n) is 12.1. The standard InChI is InChI=1S/C16H12Cl2N4O/c1-10-2-5-15(20-8-10)21-9-11(7-19)16(23)22-14-4-3-12(17)6-13(14)18/h2-6,8-9H,1H3,(H,20,21)(H,22,23)/b11-9-. The molecule has 23 heavy (non-hydrogen) atoms. The first-order chi connectivity index (χ1) is 11.0. The van der Waals surface area contributed by atoms with Gasteiger partial charge in [-0.1, -0.05) is 29.3 Å². The normalized spacial score (nSPS) is 10.8. The Hall–Kier alpha value is -2.55. The molecule has 2 N–H and O–H groups in total. The van der Waals surface area contributed by atoms with Crippen molar-refractivity contribution in [1.29, 1.82) is 5.26 Å². The van der Waals surface area contributed by atoms with Crippen LogP contribution in [0.1, 0.15) is 5.56 Å². The highest BCUT2D eigenvalue weighted by Gasteiger charge is 2.11. The summed E-state index contributed by atoms with van der Waals surface area (Å²) < 4.78 is 0. The fourth-order valence-electron chi connectivity index (χ4n) is 1.63. The third-order valence-corrected chi connectivity index (χ3v) is 3.37. The molecule has 0 spiro atoms. The highest BCUT2D eigenvalue weighted by molar-refractivity contribution is 6.36. The number of pyridine rings is 1. The van der Waals surface area contributed by atoms with Gasteiger partial charge in [-0.3, -0.25) is 4.79 Å². The van der Waals surface area contributed by atoms with E-state index in [0.29, 0.717) is 16.5 Å². The molecule has 0 aliphatic heterocycles. The number of nitrogens with one attached hydrogen (secondary N) is 2. The van der Waals surface area contributed by atoms with E-state index in [0.717, 1.165) is 5.56 Å². The molecule has 0 saturated carbocycles. The molecule has 0 aliphatic carbocycles. The van der Waals surface area contributed by atoms with Crippen LogP contribution < -0.4 is 10.6 Å². The van der Waals surface area contributed by atoms with Gasteiger partial charge < -0.3 is 10.6 Å². The molecule has 0 radical (unpaired) electrons. The van der Waals surface area contributed by atoms with Gasteiger partial charge in [0, 0.05) is 17.4 Å². The zero-order chi connectivity index (χ0) is 16.8. The number of benzene rings is 1. The third kappa shape index (κ3) is 4.71. The molecule has 1 heterocycles. The first kappa shape index (κ1) is 16.8. The average molecular weight is 347 g/mol. The van der Waals surface area contributed by atoms with Crippen molar-refractivity contribution in [3.63, 3.8) is 0 Å². The number of carbonyl (C=O) groups excluding carboxylic acids is 1. The Morgan fingerprint density at radius 3 is 2.70 bits per heavy atom. The molecule has 116 valence electrons. The lowest BCUT2D eigenvalue weighted by Crippen LogP contribution is -2.15. The number of rotatable bonds is 4. The molecule has 1 aromatic carbocycles. The summed E-state index contributed by atoms with van der Waals surface area (Å²) in [5.74, 6) is -0.0583. The van der Waals surface area contributed by atoms with Crippen molar-refractivity contribution >= 4 is 40.6 Å². The fourth-order valence-corrected chi connectivity index (χ4v) is 2.08. The lowest BCUT2D eigenvalue weighted by molar-refractivity contribution is -0.112. The molecule has 0 saturated heterocycles. The smallest absolute Gasteiger partial charge is 0.267 e. The first-order valence-corrected chi connectivity index (χ1v) is 7.31. The van der Waals surface area contributed by atoms with Crippen molar-refractivity contribution < 1.29 is 4.79 Å². The van der Waals surface area contributed by atoms with E-state index in [1.54, 1.807) is 24.4 Å². The van der Waals surface area contributed by atoms with Crippen LogP contribution >= 0.6 is 23.2 Å². The summed E-state index contributed by atoms with van der Waals surface area (Å²) >= 11 is 11.8. The topological polar surface area (TPSA) is 77.8 Å². The van der Waals surface area contributed by atoms with Crippen LogP contribution in [-0.4, -0.2) is 10.9 Å². The Morgan fingerprint density at radius 2 is 2.09 bits per heavy atom. The summed E-state index contributed by atoms with van der Waals surface area (Å²) in [4.78, 5) is 16.2. The Balaban J connectivity index is 2.10. The number of hydrogen-bond acceptors (Lipinski definition) is 4. The van der Waals surface area contributed by atoms with Gasteiger partial charge in [-0.05, 0) is 36.8 Å². The highest BCUT2D eigenvalue weighted by Crippen LogP contribution is 2.25. The SMILES string of the molecule is Cc1ccc(N/C=C(/C#N)C(=O)Nc2ccc(Cl)cc2Cl)nc1. The van der Waals surface area contributed by atoms with Gasteiger partial charge in [0.05, 0.1) is 10.7 Å². The summed E-state index contributed by atoms with van der Waals surface area (Å²) in [5, 5.41) is 15.2. The summed E-state index contributed by atoms with van der Waals surface area (Å²) in [6.07, 6.45) is 2.96. The number of halogens is 2. The number of carbonyl (C=O) groups is 1. The van der Waals surface area contributed by atoms with Gasteiger partial charge in [-0.15, -0.1) is 0 Å². The maximum atomic E-state index is 12.1. The van der Waals surface area contributed by atoms with Crippen molar-refractivity contribution in [1.82, 2.24) is 4.98 Å². The van der Waals surface area contributed by atoms with Crippen molar-refractivity contribution in [2.45, 2.75) is 6.92 Å². The fraction of sp³-hybridized carbons (Fsp3) is 0.0625. The molecular formula is C16H12Cl2N4O. The lowest BCUT2D eigenvalue weighted by Gasteiger charge is -2.07. The van der Waals surface area contributed by atoms with Crippen molar-refractivity contribution in [3.8, 4) is 6.07 Å². The van der Waals surface area contributed by atoms with E-state index in [-0.39, 0.29) is 10.6 Å². The minimum Gasteiger partial charge on any atom is -0.345 e. The highest BCUT2D eigenvalue weighted by atomic mass is 35.5. The van der Waals surface area contributed by atoms with Gasteiger partial charge in [-0.25, -0.2) is 4.98 Å². The number of aryl methyl sites for hydroxylation is 1. The van der Waals surface area contributed by atoms with Crippen molar-refractivity contribution in [2.75, 3.05) is 10.6 Å². The van der Waals surface area contributed by atoms with Gasteiger partial charge in [-0.2, -0.15) is 5.26 Å². The van der Waals surface area contributed by atoms with E-state index in [9.17, 15) is 4.79 Å². The van der Waals surface area contributed by atoms with E-state index in [1.807, 2.05) is 19.1 Å². The number of anilines is 2. The molecule has 0 unspecified atom stereocenters. The molecule has 7 heteroatoms. The second-order valence-corrected chi connectivity index (χ2v) is 5.46.